The minimum atomic E-state index is -3.55. The van der Waals surface area contributed by atoms with Gasteiger partial charge in [0.05, 0.1) is 4.90 Å². The van der Waals surface area contributed by atoms with Gasteiger partial charge in [0.2, 0.25) is 10.0 Å². The number of carbonyl (C=O) groups is 2. The average molecular weight is 481 g/mol. The van der Waals surface area contributed by atoms with Crippen LogP contribution in [0, 0.1) is 0 Å². The van der Waals surface area contributed by atoms with Crippen LogP contribution in [0.4, 0.5) is 0 Å². The van der Waals surface area contributed by atoms with E-state index in [2.05, 4.69) is 15.8 Å². The van der Waals surface area contributed by atoms with Crippen molar-refractivity contribution >= 4 is 21.8 Å². The first-order valence-corrected chi connectivity index (χ1v) is 12.2. The third-order valence-corrected chi connectivity index (χ3v) is 7.29. The van der Waals surface area contributed by atoms with Gasteiger partial charge >= 0.3 is 0 Å². The Morgan fingerprint density at radius 3 is 1.91 bits per heavy atom. The predicted molar refractivity (Wildman–Crippen MR) is 124 cm³/mol. The summed E-state index contributed by atoms with van der Waals surface area (Å²) in [6.07, 6.45) is 5.07. The van der Waals surface area contributed by atoms with E-state index in [9.17, 15) is 18.0 Å². The van der Waals surface area contributed by atoms with Crippen LogP contribution in [0.1, 0.15) is 39.1 Å². The van der Waals surface area contributed by atoms with Crippen LogP contribution < -0.4 is 15.6 Å². The molecule has 0 aliphatic carbocycles. The normalized spacial score (nSPS) is 13.9. The van der Waals surface area contributed by atoms with Crippen LogP contribution in [-0.4, -0.2) is 42.6 Å². The van der Waals surface area contributed by atoms with Gasteiger partial charge in [-0.1, -0.05) is 0 Å². The fraction of sp³-hybridized carbons (Fsp3) is 0.208. The molecular formula is C24H24N4O5S. The highest BCUT2D eigenvalue weighted by Gasteiger charge is 2.27. The van der Waals surface area contributed by atoms with Crippen molar-refractivity contribution in [2.75, 3.05) is 13.1 Å². The van der Waals surface area contributed by atoms with Crippen LogP contribution >= 0.6 is 0 Å². The van der Waals surface area contributed by atoms with Crippen LogP contribution in [0.2, 0.25) is 0 Å². The molecule has 0 unspecified atom stereocenters. The lowest BCUT2D eigenvalue weighted by atomic mass is 10.2. The van der Waals surface area contributed by atoms with Crippen molar-refractivity contribution in [3.8, 4) is 5.75 Å². The number of carbonyl (C=O) groups excluding carboxylic acids is 2. The Hall–Kier alpha value is -3.76. The summed E-state index contributed by atoms with van der Waals surface area (Å²) in [5.41, 5.74) is 6.22. The van der Waals surface area contributed by atoms with E-state index >= 15 is 0 Å². The van der Waals surface area contributed by atoms with Gasteiger partial charge in [-0.15, -0.1) is 0 Å². The summed E-state index contributed by atoms with van der Waals surface area (Å²) in [5.74, 6) is -0.459. The second-order valence-corrected chi connectivity index (χ2v) is 9.65. The first-order chi connectivity index (χ1) is 16.4. The molecule has 4 rings (SSSR count). The van der Waals surface area contributed by atoms with E-state index in [1.807, 2.05) is 12.1 Å². The lowest BCUT2D eigenvalue weighted by Crippen LogP contribution is -2.41. The summed E-state index contributed by atoms with van der Waals surface area (Å²) in [7, 11) is -3.55. The van der Waals surface area contributed by atoms with Crippen molar-refractivity contribution in [1.29, 1.82) is 0 Å². The molecule has 0 radical (unpaired) electrons. The highest BCUT2D eigenvalue weighted by atomic mass is 32.2. The topological polar surface area (TPSA) is 118 Å². The summed E-state index contributed by atoms with van der Waals surface area (Å²) < 4.78 is 32.3. The Labute approximate surface area is 197 Å². The monoisotopic (exact) mass is 480 g/mol. The molecule has 176 valence electrons. The summed E-state index contributed by atoms with van der Waals surface area (Å²) in [5, 5.41) is 0. The number of sulfonamides is 1. The van der Waals surface area contributed by atoms with Crippen LogP contribution in [0.3, 0.4) is 0 Å². The molecule has 1 saturated heterocycles. The molecule has 0 bridgehead atoms. The Kier molecular flexibility index (Phi) is 7.19. The number of benzene rings is 2. The number of nitrogens with one attached hydrogen (secondary N) is 2. The van der Waals surface area contributed by atoms with Gasteiger partial charge in [-0.2, -0.15) is 4.31 Å². The summed E-state index contributed by atoms with van der Waals surface area (Å²) in [6.45, 7) is 1.39. The van der Waals surface area contributed by atoms with Crippen LogP contribution in [-0.2, 0) is 16.6 Å². The van der Waals surface area contributed by atoms with Crippen molar-refractivity contribution in [1.82, 2.24) is 20.1 Å². The molecule has 2 N–H and O–H groups in total. The molecule has 1 aliphatic heterocycles. The quantitative estimate of drug-likeness (QED) is 0.502. The molecule has 0 saturated carbocycles. The third-order valence-electron chi connectivity index (χ3n) is 5.38. The van der Waals surface area contributed by atoms with Crippen LogP contribution in [0.5, 0.6) is 5.75 Å². The molecule has 2 aromatic carbocycles. The summed E-state index contributed by atoms with van der Waals surface area (Å²) in [4.78, 5) is 28.8. The first-order valence-electron chi connectivity index (χ1n) is 10.8. The molecule has 3 aromatic rings. The number of hydrazine groups is 1. The van der Waals surface area contributed by atoms with Gasteiger partial charge in [0.1, 0.15) is 12.4 Å². The Morgan fingerprint density at radius 1 is 0.824 bits per heavy atom. The molecule has 2 heterocycles. The fourth-order valence-electron chi connectivity index (χ4n) is 3.46. The number of hydrogen-bond acceptors (Lipinski definition) is 6. The van der Waals surface area contributed by atoms with E-state index in [1.54, 1.807) is 36.7 Å². The zero-order chi connectivity index (χ0) is 24.0. The summed E-state index contributed by atoms with van der Waals surface area (Å²) in [6, 6.07) is 15.8. The largest absolute Gasteiger partial charge is 0.489 e. The van der Waals surface area contributed by atoms with Gasteiger partial charge < -0.3 is 4.74 Å². The molecule has 34 heavy (non-hydrogen) atoms. The smallest absolute Gasteiger partial charge is 0.269 e. The second-order valence-electron chi connectivity index (χ2n) is 7.71. The Morgan fingerprint density at radius 2 is 1.35 bits per heavy atom. The number of aromatic nitrogens is 1. The Balaban J connectivity index is 1.29. The van der Waals surface area contributed by atoms with Gasteiger partial charge in [-0.3, -0.25) is 25.4 Å². The maximum absolute atomic E-state index is 12.6. The molecule has 0 spiro atoms. The number of nitrogens with zero attached hydrogens (tertiary/aromatic N) is 2. The lowest BCUT2D eigenvalue weighted by molar-refractivity contribution is 0.0846. The van der Waals surface area contributed by atoms with E-state index in [-0.39, 0.29) is 10.5 Å². The zero-order valence-corrected chi connectivity index (χ0v) is 19.1. The van der Waals surface area contributed by atoms with Gasteiger partial charge in [0.25, 0.3) is 11.8 Å². The van der Waals surface area contributed by atoms with Crippen molar-refractivity contribution < 1.29 is 22.7 Å². The highest BCUT2D eigenvalue weighted by Crippen LogP contribution is 2.21. The molecule has 10 heteroatoms. The molecule has 2 amide bonds. The summed E-state index contributed by atoms with van der Waals surface area (Å²) >= 11 is 0. The molecule has 9 nitrogen and oxygen atoms in total. The predicted octanol–water partition coefficient (Wildman–Crippen LogP) is 2.52. The highest BCUT2D eigenvalue weighted by molar-refractivity contribution is 7.89. The fourth-order valence-corrected chi connectivity index (χ4v) is 4.98. The molecule has 1 aromatic heterocycles. The number of ether oxygens (including phenoxy) is 1. The number of pyridine rings is 1. The van der Waals surface area contributed by atoms with Gasteiger partial charge in [-0.25, -0.2) is 8.42 Å². The SMILES string of the molecule is O=C(NNC(=O)c1ccc(S(=O)(=O)N2CCCC2)cc1)c1ccc(OCc2ccncc2)cc1. The van der Waals surface area contributed by atoms with Crippen molar-refractivity contribution in [3.05, 3.63) is 89.7 Å². The van der Waals surface area contributed by atoms with Crippen LogP contribution in [0.15, 0.2) is 78.0 Å². The maximum Gasteiger partial charge on any atom is 0.269 e. The van der Waals surface area contributed by atoms with E-state index in [4.69, 9.17) is 4.74 Å². The number of rotatable bonds is 7. The number of amides is 2. The van der Waals surface area contributed by atoms with E-state index < -0.39 is 21.8 Å². The zero-order valence-electron chi connectivity index (χ0n) is 18.3. The van der Waals surface area contributed by atoms with Gasteiger partial charge in [0.15, 0.2) is 0 Å². The molecule has 1 aliphatic rings. The molecular weight excluding hydrogens is 456 g/mol. The van der Waals surface area contributed by atoms with E-state index in [0.29, 0.717) is 31.0 Å². The van der Waals surface area contributed by atoms with E-state index in [0.717, 1.165) is 18.4 Å². The van der Waals surface area contributed by atoms with Gasteiger partial charge in [0, 0.05) is 36.6 Å². The minimum absolute atomic E-state index is 0.140. The van der Waals surface area contributed by atoms with Crippen molar-refractivity contribution in [3.63, 3.8) is 0 Å². The maximum atomic E-state index is 12.6. The first kappa shape index (κ1) is 23.4. The van der Waals surface area contributed by atoms with E-state index in [1.165, 1.54) is 28.6 Å². The Bertz CT molecular complexity index is 1240. The van der Waals surface area contributed by atoms with Crippen molar-refractivity contribution in [2.45, 2.75) is 24.3 Å². The lowest BCUT2D eigenvalue weighted by Gasteiger charge is -2.15. The second kappa shape index (κ2) is 10.4. The number of hydrogen-bond donors (Lipinski definition) is 2. The molecule has 0 atom stereocenters. The minimum Gasteiger partial charge on any atom is -0.489 e. The average Bonchev–Trinajstić information content (AvgIpc) is 3.43. The standard InChI is InChI=1S/C24H24N4O5S/c29-23(19-3-7-21(8-4-19)33-17-18-11-13-25-14-12-18)26-27-24(30)20-5-9-22(10-6-20)34(31,32)28-15-1-2-16-28/h3-14H,1-2,15-17H2,(H,26,29)(H,27,30). The third kappa shape index (κ3) is 5.59. The van der Waals surface area contributed by atoms with Crippen LogP contribution in [0.25, 0.3) is 0 Å². The van der Waals surface area contributed by atoms with Crippen molar-refractivity contribution in [2.24, 2.45) is 0 Å². The molecule has 1 fully saturated rings. The van der Waals surface area contributed by atoms with Gasteiger partial charge in [-0.05, 0) is 79.1 Å².